The summed E-state index contributed by atoms with van der Waals surface area (Å²) in [4.78, 5) is 22.9. The number of anilines is 2. The third kappa shape index (κ3) is 3.31. The standard InChI is InChI=1S/C15H15ClN4O/c16-11-4-3-5-12(10-11)18-14(21)13-6-7-17-15(19-13)20-8-1-2-9-20/h3-7,10H,1-2,8-9H2,(H,18,21). The summed E-state index contributed by atoms with van der Waals surface area (Å²) in [6, 6.07) is 8.63. The Hall–Kier alpha value is -2.14. The normalized spacial score (nSPS) is 14.2. The highest BCUT2D eigenvalue weighted by Gasteiger charge is 2.17. The molecule has 0 radical (unpaired) electrons. The Bertz CT molecular complexity index is 656. The van der Waals surface area contributed by atoms with Crippen LogP contribution in [0.3, 0.4) is 0 Å². The molecule has 1 N–H and O–H groups in total. The van der Waals surface area contributed by atoms with Crippen LogP contribution in [0.25, 0.3) is 0 Å². The first-order chi connectivity index (χ1) is 10.2. The highest BCUT2D eigenvalue weighted by Crippen LogP contribution is 2.17. The molecular formula is C15H15ClN4O. The number of amides is 1. The van der Waals surface area contributed by atoms with Gasteiger partial charge >= 0.3 is 0 Å². The average Bonchev–Trinajstić information content (AvgIpc) is 3.02. The van der Waals surface area contributed by atoms with E-state index in [9.17, 15) is 4.79 Å². The van der Waals surface area contributed by atoms with Crippen LogP contribution < -0.4 is 10.2 Å². The Morgan fingerprint density at radius 2 is 2.05 bits per heavy atom. The van der Waals surface area contributed by atoms with Crippen molar-refractivity contribution in [2.45, 2.75) is 12.8 Å². The Balaban J connectivity index is 1.76. The zero-order chi connectivity index (χ0) is 14.7. The van der Waals surface area contributed by atoms with E-state index in [1.165, 1.54) is 0 Å². The monoisotopic (exact) mass is 302 g/mol. The van der Waals surface area contributed by atoms with Gasteiger partial charge in [0.1, 0.15) is 5.69 Å². The minimum atomic E-state index is -0.264. The Morgan fingerprint density at radius 3 is 2.81 bits per heavy atom. The third-order valence-corrected chi connectivity index (χ3v) is 3.58. The molecule has 0 unspecified atom stereocenters. The van der Waals surface area contributed by atoms with Gasteiger partial charge in [-0.1, -0.05) is 17.7 Å². The van der Waals surface area contributed by atoms with Gasteiger partial charge in [0.2, 0.25) is 5.95 Å². The van der Waals surface area contributed by atoms with Crippen LogP contribution in [0.2, 0.25) is 5.02 Å². The van der Waals surface area contributed by atoms with Crippen LogP contribution in [0.1, 0.15) is 23.3 Å². The zero-order valence-electron chi connectivity index (χ0n) is 11.4. The van der Waals surface area contributed by atoms with Crippen molar-refractivity contribution in [2.24, 2.45) is 0 Å². The molecule has 2 aromatic rings. The van der Waals surface area contributed by atoms with E-state index in [1.807, 2.05) is 0 Å². The lowest BCUT2D eigenvalue weighted by atomic mass is 10.3. The molecular weight excluding hydrogens is 288 g/mol. The minimum Gasteiger partial charge on any atom is -0.341 e. The Kier molecular flexibility index (Phi) is 4.01. The van der Waals surface area contributed by atoms with Gasteiger partial charge in [0.25, 0.3) is 5.91 Å². The van der Waals surface area contributed by atoms with Crippen molar-refractivity contribution in [3.63, 3.8) is 0 Å². The van der Waals surface area contributed by atoms with E-state index in [0.29, 0.717) is 22.4 Å². The van der Waals surface area contributed by atoms with Crippen LogP contribution in [-0.4, -0.2) is 29.0 Å². The molecule has 1 aliphatic rings. The summed E-state index contributed by atoms with van der Waals surface area (Å²) in [6.45, 7) is 1.89. The second kappa shape index (κ2) is 6.10. The van der Waals surface area contributed by atoms with E-state index in [1.54, 1.807) is 36.5 Å². The van der Waals surface area contributed by atoms with Gasteiger partial charge in [0, 0.05) is 30.0 Å². The SMILES string of the molecule is O=C(Nc1cccc(Cl)c1)c1ccnc(N2CCCC2)n1. The zero-order valence-corrected chi connectivity index (χ0v) is 12.2. The number of hydrogen-bond acceptors (Lipinski definition) is 4. The molecule has 0 spiro atoms. The van der Waals surface area contributed by atoms with Crippen molar-refractivity contribution in [1.82, 2.24) is 9.97 Å². The van der Waals surface area contributed by atoms with E-state index < -0.39 is 0 Å². The smallest absolute Gasteiger partial charge is 0.274 e. The van der Waals surface area contributed by atoms with Gasteiger partial charge in [-0.2, -0.15) is 0 Å². The van der Waals surface area contributed by atoms with E-state index in [4.69, 9.17) is 11.6 Å². The first-order valence-corrected chi connectivity index (χ1v) is 7.25. The fourth-order valence-electron chi connectivity index (χ4n) is 2.31. The van der Waals surface area contributed by atoms with Gasteiger partial charge in [-0.15, -0.1) is 0 Å². The fraction of sp³-hybridized carbons (Fsp3) is 0.267. The van der Waals surface area contributed by atoms with Crippen LogP contribution in [-0.2, 0) is 0 Å². The lowest BCUT2D eigenvalue weighted by molar-refractivity contribution is 0.102. The summed E-state index contributed by atoms with van der Waals surface area (Å²) in [5, 5.41) is 3.36. The van der Waals surface area contributed by atoms with Gasteiger partial charge in [-0.25, -0.2) is 9.97 Å². The predicted octanol–water partition coefficient (Wildman–Crippen LogP) is 2.98. The molecule has 0 saturated carbocycles. The summed E-state index contributed by atoms with van der Waals surface area (Å²) in [5.41, 5.74) is 1.00. The first-order valence-electron chi connectivity index (χ1n) is 6.87. The van der Waals surface area contributed by atoms with E-state index in [0.717, 1.165) is 25.9 Å². The van der Waals surface area contributed by atoms with Gasteiger partial charge in [-0.05, 0) is 37.1 Å². The van der Waals surface area contributed by atoms with Gasteiger partial charge < -0.3 is 10.2 Å². The number of nitrogens with one attached hydrogen (secondary N) is 1. The molecule has 6 heteroatoms. The second-order valence-electron chi connectivity index (χ2n) is 4.90. The molecule has 0 atom stereocenters. The van der Waals surface area contributed by atoms with Crippen LogP contribution in [0.4, 0.5) is 11.6 Å². The number of nitrogens with zero attached hydrogens (tertiary/aromatic N) is 3. The molecule has 1 aliphatic heterocycles. The van der Waals surface area contributed by atoms with Crippen LogP contribution in [0.15, 0.2) is 36.5 Å². The van der Waals surface area contributed by atoms with Crippen molar-refractivity contribution in [3.8, 4) is 0 Å². The molecule has 1 aromatic heterocycles. The number of benzene rings is 1. The van der Waals surface area contributed by atoms with Crippen molar-refractivity contribution in [1.29, 1.82) is 0 Å². The summed E-state index contributed by atoms with van der Waals surface area (Å²) >= 11 is 5.90. The third-order valence-electron chi connectivity index (χ3n) is 3.35. The van der Waals surface area contributed by atoms with Crippen LogP contribution in [0.5, 0.6) is 0 Å². The van der Waals surface area contributed by atoms with E-state index in [-0.39, 0.29) is 5.91 Å². The van der Waals surface area contributed by atoms with E-state index in [2.05, 4.69) is 20.2 Å². The van der Waals surface area contributed by atoms with Gasteiger partial charge in [0.15, 0.2) is 0 Å². The number of halogens is 1. The lowest BCUT2D eigenvalue weighted by Gasteiger charge is -2.15. The minimum absolute atomic E-state index is 0.264. The molecule has 3 rings (SSSR count). The van der Waals surface area contributed by atoms with Crippen molar-refractivity contribution in [3.05, 3.63) is 47.2 Å². The summed E-state index contributed by atoms with van der Waals surface area (Å²) in [7, 11) is 0. The number of hydrogen-bond donors (Lipinski definition) is 1. The maximum Gasteiger partial charge on any atom is 0.274 e. The maximum atomic E-state index is 12.2. The molecule has 2 heterocycles. The van der Waals surface area contributed by atoms with Gasteiger partial charge in [0.05, 0.1) is 0 Å². The fourth-order valence-corrected chi connectivity index (χ4v) is 2.50. The summed E-state index contributed by atoms with van der Waals surface area (Å²) in [5.74, 6) is 0.353. The molecule has 0 bridgehead atoms. The molecule has 21 heavy (non-hydrogen) atoms. The largest absolute Gasteiger partial charge is 0.341 e. The molecule has 1 amide bonds. The highest BCUT2D eigenvalue weighted by atomic mass is 35.5. The topological polar surface area (TPSA) is 58.1 Å². The Morgan fingerprint density at radius 1 is 1.24 bits per heavy atom. The molecule has 108 valence electrons. The van der Waals surface area contributed by atoms with Crippen LogP contribution >= 0.6 is 11.6 Å². The van der Waals surface area contributed by atoms with Gasteiger partial charge in [-0.3, -0.25) is 4.79 Å². The lowest BCUT2D eigenvalue weighted by Crippen LogP contribution is -2.22. The maximum absolute atomic E-state index is 12.2. The second-order valence-corrected chi connectivity index (χ2v) is 5.34. The predicted molar refractivity (Wildman–Crippen MR) is 82.9 cm³/mol. The van der Waals surface area contributed by atoms with Crippen molar-refractivity contribution >= 4 is 29.1 Å². The van der Waals surface area contributed by atoms with E-state index >= 15 is 0 Å². The molecule has 1 saturated heterocycles. The summed E-state index contributed by atoms with van der Waals surface area (Å²) in [6.07, 6.45) is 3.90. The van der Waals surface area contributed by atoms with Crippen LogP contribution in [0, 0.1) is 0 Å². The quantitative estimate of drug-likeness (QED) is 0.947. The van der Waals surface area contributed by atoms with Crippen molar-refractivity contribution < 1.29 is 4.79 Å². The number of carbonyl (C=O) groups excluding carboxylic acids is 1. The number of rotatable bonds is 3. The summed E-state index contributed by atoms with van der Waals surface area (Å²) < 4.78 is 0. The molecule has 5 nitrogen and oxygen atoms in total. The highest BCUT2D eigenvalue weighted by molar-refractivity contribution is 6.30. The average molecular weight is 303 g/mol. The Labute approximate surface area is 128 Å². The molecule has 0 aliphatic carbocycles. The number of carbonyl (C=O) groups is 1. The number of aromatic nitrogens is 2. The molecule has 1 fully saturated rings. The molecule has 1 aromatic carbocycles. The first kappa shape index (κ1) is 13.8. The van der Waals surface area contributed by atoms with Crippen molar-refractivity contribution in [2.75, 3.05) is 23.3 Å².